The lowest BCUT2D eigenvalue weighted by molar-refractivity contribution is -0.386. The van der Waals surface area contributed by atoms with Crippen molar-refractivity contribution in [2.45, 2.75) is 167 Å². The molecule has 5 fully saturated rings. The van der Waals surface area contributed by atoms with Crippen molar-refractivity contribution in [2.24, 2.45) is 0 Å². The number of amides is 2. The van der Waals surface area contributed by atoms with Crippen molar-refractivity contribution >= 4 is 11.8 Å². The van der Waals surface area contributed by atoms with Gasteiger partial charge in [-0.3, -0.25) is 9.59 Å². The Balaban J connectivity index is 1.39. The van der Waals surface area contributed by atoms with Gasteiger partial charge < -0.3 is 129 Å². The summed E-state index contributed by atoms with van der Waals surface area (Å²) in [7, 11) is 1.10. The van der Waals surface area contributed by atoms with Gasteiger partial charge in [-0.1, -0.05) is 0 Å². The average molecular weight is 925 g/mol. The second-order valence-electron chi connectivity index (χ2n) is 15.7. The van der Waals surface area contributed by atoms with Gasteiger partial charge in [-0.2, -0.15) is 0 Å². The van der Waals surface area contributed by atoms with Crippen LogP contribution in [0.1, 0.15) is 13.8 Å². The van der Waals surface area contributed by atoms with E-state index in [0.29, 0.717) is 0 Å². The molecule has 25 atom stereocenters. The Hall–Kier alpha value is -2.02. The van der Waals surface area contributed by atoms with Crippen molar-refractivity contribution in [2.75, 3.05) is 40.1 Å². The van der Waals surface area contributed by atoms with E-state index >= 15 is 0 Å². The third kappa shape index (κ3) is 11.4. The third-order valence-electron chi connectivity index (χ3n) is 11.3. The number of ether oxygens (including phenoxy) is 10. The van der Waals surface area contributed by atoms with E-state index < -0.39 is 198 Å². The van der Waals surface area contributed by atoms with Gasteiger partial charge in [-0.05, 0) is 0 Å². The maximum absolute atomic E-state index is 12.0. The standard InChI is InChI=1S/C35H60N2O26/c1-9(42)36-16-23(49)18(44)11(4-38)56-31(16)62-29-25(51)20(46)13(6-40)58-34(29)55-8-15-22(48)28(27(53)33(54-3)60-15)61-35-30(26(52)21(47)14(7-41)59-35)63-32-17(37-10(2)43)24(50)19(45)12(5-39)57-32/h11-35,38-41,44-53H,4-8H2,1-3H3,(H,36,42)(H,37,43)/t11-,12-,13-,14-,15-,16-,17-,18-,19-,20-,21-,22-,23-,24-,25+,26+,27+,28+,29+,30+,31+,32+,33+,34+,35-/m1/s1. The van der Waals surface area contributed by atoms with E-state index in [1.165, 1.54) is 0 Å². The topological polar surface area (TPSA) is 434 Å². The minimum atomic E-state index is -2.03. The van der Waals surface area contributed by atoms with Crippen LogP contribution in [0, 0.1) is 0 Å². The maximum atomic E-state index is 12.0. The summed E-state index contributed by atoms with van der Waals surface area (Å²) in [4.78, 5) is 24.1. The van der Waals surface area contributed by atoms with E-state index in [-0.39, 0.29) is 0 Å². The molecule has 16 N–H and O–H groups in total. The summed E-state index contributed by atoms with van der Waals surface area (Å²) in [5.41, 5.74) is 0. The Bertz CT molecular complexity index is 1460. The predicted molar refractivity (Wildman–Crippen MR) is 195 cm³/mol. The van der Waals surface area contributed by atoms with Crippen molar-refractivity contribution < 1.29 is 128 Å². The monoisotopic (exact) mass is 924 g/mol. The molecule has 5 aliphatic rings. The highest BCUT2D eigenvalue weighted by Gasteiger charge is 2.56. The largest absolute Gasteiger partial charge is 0.394 e. The predicted octanol–water partition coefficient (Wildman–Crippen LogP) is -11.0. The Labute approximate surface area is 358 Å². The Kier molecular flexibility index (Phi) is 18.7. The van der Waals surface area contributed by atoms with Gasteiger partial charge in [0.1, 0.15) is 122 Å². The smallest absolute Gasteiger partial charge is 0.217 e. The van der Waals surface area contributed by atoms with Gasteiger partial charge >= 0.3 is 0 Å². The van der Waals surface area contributed by atoms with E-state index in [0.717, 1.165) is 21.0 Å². The Morgan fingerprint density at radius 2 is 0.778 bits per heavy atom. The molecule has 0 spiro atoms. The second kappa shape index (κ2) is 22.6. The highest BCUT2D eigenvalue weighted by Crippen LogP contribution is 2.35. The molecule has 0 unspecified atom stereocenters. The van der Waals surface area contributed by atoms with Gasteiger partial charge in [0.15, 0.2) is 31.5 Å². The lowest BCUT2D eigenvalue weighted by Crippen LogP contribution is -2.69. The van der Waals surface area contributed by atoms with Crippen LogP contribution in [0.5, 0.6) is 0 Å². The van der Waals surface area contributed by atoms with Gasteiger partial charge in [0.2, 0.25) is 11.8 Å². The number of methoxy groups -OCH3 is 1. The van der Waals surface area contributed by atoms with Crippen LogP contribution in [0.4, 0.5) is 0 Å². The molecule has 5 saturated heterocycles. The van der Waals surface area contributed by atoms with E-state index in [1.54, 1.807) is 0 Å². The number of carbonyl (C=O) groups is 2. The van der Waals surface area contributed by atoms with Crippen LogP contribution in [-0.4, -0.2) is 277 Å². The van der Waals surface area contributed by atoms with Crippen LogP contribution in [0.15, 0.2) is 0 Å². The number of aliphatic hydroxyl groups excluding tert-OH is 14. The molecule has 5 rings (SSSR count). The quantitative estimate of drug-likeness (QED) is 0.0683. The zero-order valence-electron chi connectivity index (χ0n) is 34.1. The second-order valence-corrected chi connectivity index (χ2v) is 15.7. The molecular formula is C35H60N2O26. The third-order valence-corrected chi connectivity index (χ3v) is 11.3. The molecule has 28 nitrogen and oxygen atoms in total. The fraction of sp³-hybridized carbons (Fsp3) is 0.943. The molecular weight excluding hydrogens is 864 g/mol. The first-order valence-electron chi connectivity index (χ1n) is 20.0. The number of aliphatic hydroxyl groups is 14. The van der Waals surface area contributed by atoms with Crippen molar-refractivity contribution in [1.82, 2.24) is 10.6 Å². The molecule has 2 amide bonds. The van der Waals surface area contributed by atoms with E-state index in [1.807, 2.05) is 0 Å². The molecule has 366 valence electrons. The fourth-order valence-corrected chi connectivity index (χ4v) is 7.87. The van der Waals surface area contributed by atoms with Gasteiger partial charge in [0.25, 0.3) is 0 Å². The van der Waals surface area contributed by atoms with E-state index in [4.69, 9.17) is 47.4 Å². The van der Waals surface area contributed by atoms with Crippen LogP contribution in [0.25, 0.3) is 0 Å². The summed E-state index contributed by atoms with van der Waals surface area (Å²) in [5.74, 6) is -1.44. The van der Waals surface area contributed by atoms with Crippen LogP contribution in [0.3, 0.4) is 0 Å². The summed E-state index contributed by atoms with van der Waals surface area (Å²) < 4.78 is 57.1. The fourth-order valence-electron chi connectivity index (χ4n) is 7.87. The molecule has 5 heterocycles. The zero-order chi connectivity index (χ0) is 46.6. The molecule has 0 aliphatic carbocycles. The number of nitrogens with one attached hydrogen (secondary N) is 2. The minimum absolute atomic E-state index is 0.714. The van der Waals surface area contributed by atoms with Gasteiger partial charge in [0, 0.05) is 21.0 Å². The molecule has 0 aromatic heterocycles. The van der Waals surface area contributed by atoms with Gasteiger partial charge in [0.05, 0.1) is 33.0 Å². The highest BCUT2D eigenvalue weighted by molar-refractivity contribution is 5.73. The molecule has 0 aromatic carbocycles. The summed E-state index contributed by atoms with van der Waals surface area (Å²) in [6.45, 7) is -2.10. The van der Waals surface area contributed by atoms with Gasteiger partial charge in [-0.25, -0.2) is 0 Å². The maximum Gasteiger partial charge on any atom is 0.217 e. The molecule has 63 heavy (non-hydrogen) atoms. The zero-order valence-corrected chi connectivity index (χ0v) is 34.1. The van der Waals surface area contributed by atoms with Gasteiger partial charge in [-0.15, -0.1) is 0 Å². The molecule has 0 aromatic rings. The van der Waals surface area contributed by atoms with Crippen molar-refractivity contribution in [3.8, 4) is 0 Å². The van der Waals surface area contributed by atoms with Crippen LogP contribution < -0.4 is 10.6 Å². The Morgan fingerprint density at radius 3 is 1.17 bits per heavy atom. The van der Waals surface area contributed by atoms with Crippen molar-refractivity contribution in [3.63, 3.8) is 0 Å². The minimum Gasteiger partial charge on any atom is -0.394 e. The number of hydrogen-bond donors (Lipinski definition) is 16. The first-order valence-corrected chi connectivity index (χ1v) is 20.0. The number of carbonyl (C=O) groups excluding carboxylic acids is 2. The SMILES string of the molecule is CO[C@H]1O[C@H](CO[C@H]2O[C@H](CO)[C@@H](O)[C@H](O)[C@@H]2O[C@@H]2O[C@H](CO)[C@@H](O)[C@H](O)[C@H]2NC(C)=O)[C@@H](O)[C@H](O[C@H]2O[C@H](CO)[C@@H](O)[C@H](O)[C@@H]2O[C@@H]2O[C@H](CO)[C@@H](O)[C@H](O)[C@H]2NC(C)=O)[C@@H]1O. The summed E-state index contributed by atoms with van der Waals surface area (Å²) in [5, 5.41) is 153. The van der Waals surface area contributed by atoms with Crippen LogP contribution in [0.2, 0.25) is 0 Å². The van der Waals surface area contributed by atoms with Crippen molar-refractivity contribution in [3.05, 3.63) is 0 Å². The first kappa shape index (κ1) is 52.0. The molecule has 0 radical (unpaired) electrons. The summed E-state index contributed by atoms with van der Waals surface area (Å²) in [6.07, 6.45) is -40.8. The Morgan fingerprint density at radius 1 is 0.429 bits per heavy atom. The first-order chi connectivity index (χ1) is 29.8. The molecule has 5 aliphatic heterocycles. The molecule has 0 bridgehead atoms. The number of rotatable bonds is 16. The average Bonchev–Trinajstić information content (AvgIpc) is 3.25. The van der Waals surface area contributed by atoms with E-state index in [2.05, 4.69) is 10.6 Å². The normalized spacial score (nSPS) is 48.4. The number of hydrogen-bond acceptors (Lipinski definition) is 26. The highest BCUT2D eigenvalue weighted by atomic mass is 16.8. The van der Waals surface area contributed by atoms with E-state index in [9.17, 15) is 81.1 Å². The van der Waals surface area contributed by atoms with Crippen LogP contribution in [-0.2, 0) is 57.0 Å². The molecule has 28 heteroatoms. The lowest BCUT2D eigenvalue weighted by atomic mass is 9.95. The van der Waals surface area contributed by atoms with Crippen molar-refractivity contribution in [1.29, 1.82) is 0 Å². The summed E-state index contributed by atoms with van der Waals surface area (Å²) in [6, 6.07) is -3.09. The lowest BCUT2D eigenvalue weighted by Gasteiger charge is -2.49. The summed E-state index contributed by atoms with van der Waals surface area (Å²) >= 11 is 0. The van der Waals surface area contributed by atoms with Crippen LogP contribution >= 0.6 is 0 Å². The molecule has 0 saturated carbocycles.